The highest BCUT2D eigenvalue weighted by Crippen LogP contribution is 2.76. The molecule has 522 valence electrons. The topological polar surface area (TPSA) is 392 Å². The standard InChI is InChI=1S/C66H102O26/c1-15-28(4)55(80)87-47-30(6)82-59(46(77)49(47)88-56(81)29(5)16-2)92-52-53(83-31(7)69)66(27-68)33(24-61(52,8)9)32-18-19-37-63(12)22-21-39(62(10,11)36(63)20-23-64(37,13)65(32,14)25-38(66)70)86-60-51(91-58-44(75)42(73)40(71)34(17-3)84-58)48(45(76)50(90-60)54(78)79)89-57-43(74)41(72)35(26-67)85-57/h15-16,18,30,33-53,57-60,67-68,70-77H,17,19-27H2,1-14H3,(H,78,79)/b28-15-,29-16-/t30?,33?,34?,35-,36?,37?,38-,39?,40+,41?,42+,43+,44?,45-,46?,47+,48+,49-,50?,51?,52+,53+,57+,58+,59+,60-,63+,64-,65-,66+/m1/s1. The van der Waals surface area contributed by atoms with Crippen LogP contribution in [-0.4, -0.2) is 234 Å². The van der Waals surface area contributed by atoms with E-state index in [1.165, 1.54) is 19.9 Å². The minimum Gasteiger partial charge on any atom is -0.479 e. The zero-order chi connectivity index (χ0) is 68.0. The lowest BCUT2D eigenvalue weighted by molar-refractivity contribution is -0.385. The smallest absolute Gasteiger partial charge is 0.335 e. The summed E-state index contributed by atoms with van der Waals surface area (Å²) < 4.78 is 68.4. The molecule has 0 spiro atoms. The van der Waals surface area contributed by atoms with E-state index < -0.39 is 217 Å². The van der Waals surface area contributed by atoms with Crippen LogP contribution in [0.3, 0.4) is 0 Å². The van der Waals surface area contributed by atoms with Gasteiger partial charge in [-0.05, 0) is 131 Å². The Labute approximate surface area is 537 Å². The van der Waals surface area contributed by atoms with Crippen LogP contribution < -0.4 is 0 Å². The van der Waals surface area contributed by atoms with E-state index in [0.29, 0.717) is 38.5 Å². The second kappa shape index (κ2) is 27.0. The highest BCUT2D eigenvalue weighted by molar-refractivity contribution is 5.88. The van der Waals surface area contributed by atoms with E-state index in [1.807, 2.05) is 13.8 Å². The van der Waals surface area contributed by atoms with Crippen molar-refractivity contribution in [2.24, 2.45) is 50.2 Å². The Morgan fingerprint density at radius 3 is 1.75 bits per heavy atom. The van der Waals surface area contributed by atoms with Crippen molar-refractivity contribution in [2.75, 3.05) is 13.2 Å². The van der Waals surface area contributed by atoms with E-state index in [2.05, 4.69) is 40.7 Å². The Balaban J connectivity index is 1.01. The van der Waals surface area contributed by atoms with Crippen molar-refractivity contribution < 1.29 is 127 Å². The molecule has 4 saturated heterocycles. The van der Waals surface area contributed by atoms with Crippen LogP contribution in [0.15, 0.2) is 34.9 Å². The molecule has 0 bridgehead atoms. The maximum atomic E-state index is 13.5. The first-order valence-electron chi connectivity index (χ1n) is 32.7. The average molecular weight is 1310 g/mol. The van der Waals surface area contributed by atoms with Gasteiger partial charge in [0.2, 0.25) is 0 Å². The Bertz CT molecular complexity index is 2790. The number of rotatable bonds is 17. The van der Waals surface area contributed by atoms with E-state index in [4.69, 9.17) is 52.1 Å². The summed E-state index contributed by atoms with van der Waals surface area (Å²) in [5.74, 6) is -4.54. The molecule has 5 aliphatic carbocycles. The summed E-state index contributed by atoms with van der Waals surface area (Å²) in [6.07, 6.45) is -26.9. The van der Waals surface area contributed by atoms with Gasteiger partial charge in [0.25, 0.3) is 0 Å². The van der Waals surface area contributed by atoms with Crippen molar-refractivity contribution in [3.63, 3.8) is 0 Å². The lowest BCUT2D eigenvalue weighted by atomic mass is 9.33. The molecule has 9 rings (SSSR count). The molecule has 8 fully saturated rings. The van der Waals surface area contributed by atoms with E-state index >= 15 is 0 Å². The Morgan fingerprint density at radius 1 is 0.609 bits per heavy atom. The van der Waals surface area contributed by atoms with Crippen molar-refractivity contribution in [3.05, 3.63) is 34.9 Å². The average Bonchev–Trinajstić information content (AvgIpc) is 0.736. The SMILES string of the molecule is C/C=C(/C)C(=O)O[C@@H]1C(O)[C@H](O[C@H]2[C@H](OC(C)=O)[C@@]3(CO)C(CC2(C)C)C2=CCC4[C@@]5(C)CCC(O[C@@H]6OC(C(=O)O)[C@H](O)[C@H](O[C@@H]7O[C@H](CO)C(O)[C@@H]7O)C6O[C@@H]6OC(CC)[C@H](O)[C@H](O)C6O)C(C)(C)C5CC[C@@]4(C)[C@]2(C)C[C@H]3O)OC(C)[C@@H]1OC(=O)/C(C)=C\C. The molecule has 11 unspecified atom stereocenters. The fourth-order valence-electron chi connectivity index (χ4n) is 18.1. The van der Waals surface area contributed by atoms with Crippen LogP contribution in [0.25, 0.3) is 0 Å². The summed E-state index contributed by atoms with van der Waals surface area (Å²) in [5, 5.41) is 124. The minimum atomic E-state index is -2.08. The molecule has 4 aliphatic heterocycles. The second-order valence-corrected chi connectivity index (χ2v) is 29.6. The van der Waals surface area contributed by atoms with Gasteiger partial charge in [0.15, 0.2) is 43.5 Å². The lowest BCUT2D eigenvalue weighted by Gasteiger charge is -2.72. The molecule has 0 aromatic rings. The van der Waals surface area contributed by atoms with Gasteiger partial charge < -0.3 is 108 Å². The normalized spacial score (nSPS) is 48.4. The number of carbonyl (C=O) groups excluding carboxylic acids is 3. The number of ether oxygens (including phenoxy) is 11. The summed E-state index contributed by atoms with van der Waals surface area (Å²) in [4.78, 5) is 53.1. The Kier molecular flexibility index (Phi) is 21.3. The van der Waals surface area contributed by atoms with Crippen LogP contribution >= 0.6 is 0 Å². The van der Waals surface area contributed by atoms with Gasteiger partial charge in [-0.3, -0.25) is 4.79 Å². The van der Waals surface area contributed by atoms with Gasteiger partial charge in [-0.15, -0.1) is 0 Å². The first kappa shape index (κ1) is 72.6. The van der Waals surface area contributed by atoms with Crippen LogP contribution in [-0.2, 0) is 71.3 Å². The highest BCUT2D eigenvalue weighted by atomic mass is 16.8. The number of aliphatic hydroxyl groups excluding tert-OH is 10. The fraction of sp³-hybridized carbons (Fsp3) is 0.848. The first-order chi connectivity index (χ1) is 43.0. The van der Waals surface area contributed by atoms with Crippen molar-refractivity contribution in [3.8, 4) is 0 Å². The van der Waals surface area contributed by atoms with Gasteiger partial charge >= 0.3 is 23.9 Å². The number of esters is 3. The molecular weight excluding hydrogens is 1210 g/mol. The molecule has 26 heteroatoms. The van der Waals surface area contributed by atoms with Gasteiger partial charge in [0, 0.05) is 18.1 Å². The number of carboxylic acid groups (broad SMARTS) is 1. The molecule has 0 aromatic carbocycles. The number of aliphatic hydroxyl groups is 10. The molecule has 26 nitrogen and oxygen atoms in total. The van der Waals surface area contributed by atoms with Crippen molar-refractivity contribution in [2.45, 2.75) is 289 Å². The van der Waals surface area contributed by atoms with Crippen molar-refractivity contribution in [1.29, 1.82) is 0 Å². The molecular formula is C66H102O26. The van der Waals surface area contributed by atoms with Crippen LogP contribution in [0.2, 0.25) is 0 Å². The number of fused-ring (bicyclic) bond motifs is 7. The number of aliphatic carboxylic acids is 1. The molecule has 30 atom stereocenters. The van der Waals surface area contributed by atoms with Crippen LogP contribution in [0.1, 0.15) is 148 Å². The van der Waals surface area contributed by atoms with Gasteiger partial charge in [-0.2, -0.15) is 0 Å². The van der Waals surface area contributed by atoms with Gasteiger partial charge in [0.1, 0.15) is 73.2 Å². The van der Waals surface area contributed by atoms with E-state index in [1.54, 1.807) is 40.7 Å². The number of hydrogen-bond acceptors (Lipinski definition) is 25. The Morgan fingerprint density at radius 2 is 1.18 bits per heavy atom. The molecule has 0 radical (unpaired) electrons. The molecule has 9 aliphatic rings. The maximum Gasteiger partial charge on any atom is 0.335 e. The summed E-state index contributed by atoms with van der Waals surface area (Å²) in [7, 11) is 0. The maximum absolute atomic E-state index is 13.5. The van der Waals surface area contributed by atoms with E-state index in [9.17, 15) is 75.3 Å². The third kappa shape index (κ3) is 12.2. The summed E-state index contributed by atoms with van der Waals surface area (Å²) in [6.45, 7) is 24.2. The third-order valence-electron chi connectivity index (χ3n) is 23.8. The number of carbonyl (C=O) groups is 4. The monoisotopic (exact) mass is 1310 g/mol. The lowest BCUT2D eigenvalue weighted by Crippen LogP contribution is -2.73. The summed E-state index contributed by atoms with van der Waals surface area (Å²) in [6, 6.07) is 0. The second-order valence-electron chi connectivity index (χ2n) is 29.6. The molecule has 92 heavy (non-hydrogen) atoms. The highest BCUT2D eigenvalue weighted by Gasteiger charge is 2.74. The predicted octanol–water partition coefficient (Wildman–Crippen LogP) is 2.13. The van der Waals surface area contributed by atoms with Crippen LogP contribution in [0, 0.1) is 50.2 Å². The molecule has 0 aromatic heterocycles. The number of allylic oxidation sites excluding steroid dienone is 4. The zero-order valence-electron chi connectivity index (χ0n) is 55.4. The zero-order valence-corrected chi connectivity index (χ0v) is 55.4. The predicted molar refractivity (Wildman–Crippen MR) is 319 cm³/mol. The van der Waals surface area contributed by atoms with Crippen LogP contribution in [0.5, 0.6) is 0 Å². The van der Waals surface area contributed by atoms with Gasteiger partial charge in [-0.1, -0.05) is 79.2 Å². The Hall–Kier alpha value is -3.62. The molecule has 4 saturated carbocycles. The van der Waals surface area contributed by atoms with E-state index in [0.717, 1.165) is 5.57 Å². The van der Waals surface area contributed by atoms with E-state index in [-0.39, 0.29) is 35.8 Å². The van der Waals surface area contributed by atoms with Crippen molar-refractivity contribution >= 4 is 23.9 Å². The van der Waals surface area contributed by atoms with Crippen molar-refractivity contribution in [1.82, 2.24) is 0 Å². The quantitative estimate of drug-likeness (QED) is 0.0327. The van der Waals surface area contributed by atoms with Crippen LogP contribution in [0.4, 0.5) is 0 Å². The molecule has 4 heterocycles. The fourth-order valence-corrected chi connectivity index (χ4v) is 18.1. The van der Waals surface area contributed by atoms with Gasteiger partial charge in [-0.25, -0.2) is 14.4 Å². The third-order valence-corrected chi connectivity index (χ3v) is 23.8. The minimum absolute atomic E-state index is 0.0235. The number of hydrogen-bond donors (Lipinski definition) is 11. The summed E-state index contributed by atoms with van der Waals surface area (Å²) >= 11 is 0. The molecule has 11 N–H and O–H groups in total. The summed E-state index contributed by atoms with van der Waals surface area (Å²) in [5.41, 5.74) is -3.41. The van der Waals surface area contributed by atoms with Gasteiger partial charge in [0.05, 0.1) is 43.0 Å². The first-order valence-corrected chi connectivity index (χ1v) is 32.7. The molecule has 0 amide bonds. The largest absolute Gasteiger partial charge is 0.479 e. The number of carboxylic acids is 1.